The molecule has 0 saturated heterocycles. The first-order chi connectivity index (χ1) is 9.21. The van der Waals surface area contributed by atoms with Crippen LogP contribution in [0.4, 0.5) is 22.0 Å². The predicted molar refractivity (Wildman–Crippen MR) is 64.5 cm³/mol. The minimum atomic E-state index is -4.60. The summed E-state index contributed by atoms with van der Waals surface area (Å²) in [6.07, 6.45) is -3.68. The van der Waals surface area contributed by atoms with Gasteiger partial charge in [-0.3, -0.25) is 0 Å². The van der Waals surface area contributed by atoms with Crippen molar-refractivity contribution in [3.05, 3.63) is 50.4 Å². The lowest BCUT2D eigenvalue weighted by molar-refractivity contribution is -0.137. The number of nitrogens with two attached hydrogens (primary N) is 1. The summed E-state index contributed by atoms with van der Waals surface area (Å²) in [5.41, 5.74) is 5.47. The van der Waals surface area contributed by atoms with Gasteiger partial charge >= 0.3 is 6.18 Å². The van der Waals surface area contributed by atoms with Crippen molar-refractivity contribution in [2.75, 3.05) is 0 Å². The molecule has 2 rings (SSSR count). The van der Waals surface area contributed by atoms with Crippen molar-refractivity contribution >= 4 is 22.9 Å². The SMILES string of the molecule is NC(c1cnc(C(F)(F)F)s1)c1ccc(F)c(Cl)c1F. The molecule has 1 aromatic heterocycles. The Kier molecular flexibility index (Phi) is 3.99. The summed E-state index contributed by atoms with van der Waals surface area (Å²) in [5.74, 6) is -2.07. The van der Waals surface area contributed by atoms with Gasteiger partial charge in [-0.25, -0.2) is 13.8 Å². The standard InChI is InChI=1S/C11H6ClF5N2S/c12-7-5(13)2-1-4(8(7)14)9(18)6-3-19-10(20-6)11(15,16)17/h1-3,9H,18H2. The molecule has 9 heteroatoms. The Balaban J connectivity index is 2.39. The molecule has 1 atom stereocenters. The Morgan fingerprint density at radius 2 is 1.90 bits per heavy atom. The van der Waals surface area contributed by atoms with Gasteiger partial charge in [0.25, 0.3) is 0 Å². The molecule has 108 valence electrons. The highest BCUT2D eigenvalue weighted by molar-refractivity contribution is 7.11. The minimum absolute atomic E-state index is 0.00102. The van der Waals surface area contributed by atoms with E-state index in [1.165, 1.54) is 0 Å². The van der Waals surface area contributed by atoms with E-state index in [4.69, 9.17) is 17.3 Å². The first-order valence-corrected chi connectivity index (χ1v) is 6.33. The third-order valence-electron chi connectivity index (χ3n) is 2.47. The van der Waals surface area contributed by atoms with Crippen molar-refractivity contribution in [2.24, 2.45) is 5.73 Å². The highest BCUT2D eigenvalue weighted by atomic mass is 35.5. The summed E-state index contributed by atoms with van der Waals surface area (Å²) in [7, 11) is 0. The van der Waals surface area contributed by atoms with Gasteiger partial charge in [0.05, 0.1) is 6.04 Å². The fourth-order valence-corrected chi connectivity index (χ4v) is 2.47. The fourth-order valence-electron chi connectivity index (χ4n) is 1.50. The predicted octanol–water partition coefficient (Wildman–Crippen LogP) is 4.14. The molecule has 0 saturated carbocycles. The Hall–Kier alpha value is -1.25. The maximum Gasteiger partial charge on any atom is 0.443 e. The first-order valence-electron chi connectivity index (χ1n) is 5.13. The second-order valence-electron chi connectivity index (χ2n) is 3.81. The molecule has 20 heavy (non-hydrogen) atoms. The highest BCUT2D eigenvalue weighted by Crippen LogP contribution is 2.36. The van der Waals surface area contributed by atoms with Crippen molar-refractivity contribution in [3.63, 3.8) is 0 Å². The molecule has 1 aromatic carbocycles. The summed E-state index contributed by atoms with van der Waals surface area (Å²) in [5, 5.41) is -1.84. The van der Waals surface area contributed by atoms with Gasteiger partial charge in [-0.15, -0.1) is 11.3 Å². The minimum Gasteiger partial charge on any atom is -0.319 e. The number of alkyl halides is 3. The molecule has 1 heterocycles. The Morgan fingerprint density at radius 1 is 1.25 bits per heavy atom. The summed E-state index contributed by atoms with van der Waals surface area (Å²) < 4.78 is 64.0. The molecule has 2 nitrogen and oxygen atoms in total. The molecule has 0 bridgehead atoms. The third-order valence-corrected chi connectivity index (χ3v) is 3.94. The van der Waals surface area contributed by atoms with E-state index < -0.39 is 33.9 Å². The number of nitrogens with zero attached hydrogens (tertiary/aromatic N) is 1. The summed E-state index contributed by atoms with van der Waals surface area (Å²) in [6.45, 7) is 0. The van der Waals surface area contributed by atoms with Crippen molar-refractivity contribution in [1.82, 2.24) is 4.98 Å². The van der Waals surface area contributed by atoms with Crippen LogP contribution < -0.4 is 5.73 Å². The van der Waals surface area contributed by atoms with Gasteiger partial charge in [0.1, 0.15) is 16.7 Å². The molecule has 2 N–H and O–H groups in total. The Labute approximate surface area is 119 Å². The van der Waals surface area contributed by atoms with E-state index in [2.05, 4.69) is 4.98 Å². The number of aromatic nitrogens is 1. The smallest absolute Gasteiger partial charge is 0.319 e. The van der Waals surface area contributed by atoms with Gasteiger partial charge in [-0.2, -0.15) is 13.2 Å². The van der Waals surface area contributed by atoms with Crippen LogP contribution in [-0.4, -0.2) is 4.98 Å². The topological polar surface area (TPSA) is 38.9 Å². The zero-order chi connectivity index (χ0) is 15.1. The second-order valence-corrected chi connectivity index (χ2v) is 5.25. The van der Waals surface area contributed by atoms with Gasteiger partial charge in [0, 0.05) is 16.6 Å². The number of hydrogen-bond acceptors (Lipinski definition) is 3. The maximum atomic E-state index is 13.7. The third kappa shape index (κ3) is 2.77. The molecule has 2 aromatic rings. The monoisotopic (exact) mass is 328 g/mol. The van der Waals surface area contributed by atoms with Crippen LogP contribution in [0, 0.1) is 11.6 Å². The maximum absolute atomic E-state index is 13.7. The van der Waals surface area contributed by atoms with E-state index in [-0.39, 0.29) is 10.4 Å². The molecular formula is C11H6ClF5N2S. The number of rotatable bonds is 2. The van der Waals surface area contributed by atoms with E-state index in [9.17, 15) is 22.0 Å². The summed E-state index contributed by atoms with van der Waals surface area (Å²) in [4.78, 5) is 3.19. The van der Waals surface area contributed by atoms with Crippen LogP contribution in [0.25, 0.3) is 0 Å². The zero-order valence-electron chi connectivity index (χ0n) is 9.51. The van der Waals surface area contributed by atoms with Gasteiger partial charge in [-0.1, -0.05) is 17.7 Å². The second kappa shape index (κ2) is 5.27. The molecule has 0 fully saturated rings. The average Bonchev–Trinajstić information content (AvgIpc) is 2.85. The van der Waals surface area contributed by atoms with Gasteiger partial charge in [0.15, 0.2) is 5.01 Å². The van der Waals surface area contributed by atoms with E-state index in [1.54, 1.807) is 0 Å². The number of hydrogen-bond donors (Lipinski definition) is 1. The van der Waals surface area contributed by atoms with Crippen LogP contribution in [0.5, 0.6) is 0 Å². The fraction of sp³-hybridized carbons (Fsp3) is 0.182. The normalized spacial score (nSPS) is 13.6. The van der Waals surface area contributed by atoms with Gasteiger partial charge in [-0.05, 0) is 6.07 Å². The molecular weight excluding hydrogens is 323 g/mol. The largest absolute Gasteiger partial charge is 0.443 e. The highest BCUT2D eigenvalue weighted by Gasteiger charge is 2.35. The molecule has 0 aliphatic heterocycles. The van der Waals surface area contributed by atoms with Gasteiger partial charge in [0.2, 0.25) is 0 Å². The zero-order valence-corrected chi connectivity index (χ0v) is 11.1. The lowest BCUT2D eigenvalue weighted by Crippen LogP contribution is -2.13. The number of benzene rings is 1. The van der Waals surface area contributed by atoms with Crippen LogP contribution in [0.3, 0.4) is 0 Å². The van der Waals surface area contributed by atoms with Crippen LogP contribution in [0.2, 0.25) is 5.02 Å². The Bertz CT molecular complexity index is 640. The molecule has 0 aliphatic rings. The van der Waals surface area contributed by atoms with Crippen LogP contribution >= 0.6 is 22.9 Å². The first kappa shape index (κ1) is 15.1. The van der Waals surface area contributed by atoms with Crippen LogP contribution in [0.1, 0.15) is 21.5 Å². The van der Waals surface area contributed by atoms with Crippen molar-refractivity contribution in [2.45, 2.75) is 12.2 Å². The van der Waals surface area contributed by atoms with Crippen LogP contribution in [-0.2, 0) is 6.18 Å². The summed E-state index contributed by atoms with van der Waals surface area (Å²) in [6, 6.07) is 0.724. The molecule has 0 spiro atoms. The quantitative estimate of drug-likeness (QED) is 0.664. The Morgan fingerprint density at radius 3 is 2.45 bits per heavy atom. The van der Waals surface area contributed by atoms with Crippen molar-refractivity contribution < 1.29 is 22.0 Å². The van der Waals surface area contributed by atoms with Gasteiger partial charge < -0.3 is 5.73 Å². The average molecular weight is 329 g/mol. The van der Waals surface area contributed by atoms with Crippen molar-refractivity contribution in [1.29, 1.82) is 0 Å². The number of thiazole rings is 1. The molecule has 0 radical (unpaired) electrons. The van der Waals surface area contributed by atoms with Crippen LogP contribution in [0.15, 0.2) is 18.3 Å². The molecule has 0 aliphatic carbocycles. The number of halogens is 6. The summed E-state index contributed by atoms with van der Waals surface area (Å²) >= 11 is 5.69. The van der Waals surface area contributed by atoms with E-state index in [1.807, 2.05) is 0 Å². The lowest BCUT2D eigenvalue weighted by atomic mass is 10.1. The van der Waals surface area contributed by atoms with Crippen molar-refractivity contribution in [3.8, 4) is 0 Å². The van der Waals surface area contributed by atoms with E-state index >= 15 is 0 Å². The molecule has 1 unspecified atom stereocenters. The molecule has 0 amide bonds. The van der Waals surface area contributed by atoms with E-state index in [0.717, 1.165) is 18.3 Å². The van der Waals surface area contributed by atoms with E-state index in [0.29, 0.717) is 11.3 Å². The lowest BCUT2D eigenvalue weighted by Gasteiger charge is -2.11.